The molecule has 1 amide bonds. The van der Waals surface area contributed by atoms with Gasteiger partial charge < -0.3 is 10.1 Å². The number of hydrogen-bond acceptors (Lipinski definition) is 4. The molecule has 0 bridgehead atoms. The Morgan fingerprint density at radius 1 is 1.44 bits per heavy atom. The van der Waals surface area contributed by atoms with Crippen molar-refractivity contribution in [3.63, 3.8) is 0 Å². The fourth-order valence-corrected chi connectivity index (χ4v) is 2.29. The number of piperidine rings is 1. The first-order valence-electron chi connectivity index (χ1n) is 6.12. The Hall–Kier alpha value is -0.650. The van der Waals surface area contributed by atoms with Crippen molar-refractivity contribution < 1.29 is 9.53 Å². The van der Waals surface area contributed by atoms with Crippen LogP contribution in [0.2, 0.25) is 0 Å². The summed E-state index contributed by atoms with van der Waals surface area (Å²) in [6.45, 7) is 6.10. The van der Waals surface area contributed by atoms with Crippen LogP contribution in [0.3, 0.4) is 0 Å². The van der Waals surface area contributed by atoms with Crippen LogP contribution in [0.25, 0.3) is 0 Å². The normalized spacial score (nSPS) is 32.3. The second-order valence-corrected chi connectivity index (χ2v) is 4.65. The monoisotopic (exact) mass is 227 g/mol. The van der Waals surface area contributed by atoms with Gasteiger partial charge in [0.25, 0.3) is 0 Å². The lowest BCUT2D eigenvalue weighted by Crippen LogP contribution is -2.52. The van der Waals surface area contributed by atoms with E-state index in [1.165, 1.54) is 0 Å². The molecule has 2 rings (SSSR count). The maximum absolute atomic E-state index is 12.0. The van der Waals surface area contributed by atoms with Gasteiger partial charge in [0.05, 0.1) is 13.2 Å². The van der Waals surface area contributed by atoms with Crippen LogP contribution in [0.15, 0.2) is 0 Å². The molecule has 2 aliphatic rings. The van der Waals surface area contributed by atoms with Crippen LogP contribution >= 0.6 is 0 Å². The van der Waals surface area contributed by atoms with Gasteiger partial charge in [-0.2, -0.15) is 0 Å². The largest absolute Gasteiger partial charge is 0.379 e. The summed E-state index contributed by atoms with van der Waals surface area (Å²) in [7, 11) is 0. The predicted molar refractivity (Wildman–Crippen MR) is 60.7 cm³/mol. The van der Waals surface area contributed by atoms with E-state index < -0.39 is 0 Å². The van der Waals surface area contributed by atoms with Crippen LogP contribution in [0.5, 0.6) is 0 Å². The van der Waals surface area contributed by atoms with Crippen molar-refractivity contribution in [2.24, 2.45) is 5.92 Å². The van der Waals surface area contributed by atoms with Gasteiger partial charge in [0, 0.05) is 25.0 Å². The summed E-state index contributed by atoms with van der Waals surface area (Å²) in [6.07, 6.45) is 1.89. The number of rotatable bonds is 2. The van der Waals surface area contributed by atoms with Gasteiger partial charge in [-0.1, -0.05) is 0 Å². The van der Waals surface area contributed by atoms with Gasteiger partial charge in [0.15, 0.2) is 0 Å². The van der Waals surface area contributed by atoms with Crippen LogP contribution < -0.4 is 10.7 Å². The van der Waals surface area contributed by atoms with Crippen molar-refractivity contribution in [1.29, 1.82) is 0 Å². The molecule has 0 radical (unpaired) electrons. The van der Waals surface area contributed by atoms with Crippen molar-refractivity contribution in [2.75, 3.05) is 32.8 Å². The van der Waals surface area contributed by atoms with E-state index in [0.717, 1.165) is 32.5 Å². The molecule has 0 aliphatic carbocycles. The Morgan fingerprint density at radius 3 is 2.88 bits per heavy atom. The van der Waals surface area contributed by atoms with Crippen LogP contribution in [0.4, 0.5) is 0 Å². The first kappa shape index (κ1) is 11.8. The summed E-state index contributed by atoms with van der Waals surface area (Å²) in [5.74, 6) is 0.342. The highest BCUT2D eigenvalue weighted by atomic mass is 16.5. The average molecular weight is 227 g/mol. The summed E-state index contributed by atoms with van der Waals surface area (Å²) in [6, 6.07) is 0.453. The van der Waals surface area contributed by atoms with E-state index in [4.69, 9.17) is 4.74 Å². The first-order chi connectivity index (χ1) is 7.75. The molecule has 2 heterocycles. The number of morpholine rings is 1. The molecule has 2 unspecified atom stereocenters. The van der Waals surface area contributed by atoms with Crippen molar-refractivity contribution in [1.82, 2.24) is 15.8 Å². The molecule has 0 aromatic carbocycles. The van der Waals surface area contributed by atoms with Gasteiger partial charge >= 0.3 is 0 Å². The molecule has 5 nitrogen and oxygen atoms in total. The van der Waals surface area contributed by atoms with Gasteiger partial charge in [-0.15, -0.1) is 0 Å². The Bertz CT molecular complexity index is 241. The third kappa shape index (κ3) is 3.17. The highest BCUT2D eigenvalue weighted by Crippen LogP contribution is 2.16. The Morgan fingerprint density at radius 2 is 2.19 bits per heavy atom. The lowest BCUT2D eigenvalue weighted by Gasteiger charge is -2.31. The minimum absolute atomic E-state index is 0.166. The summed E-state index contributed by atoms with van der Waals surface area (Å²) in [5.41, 5.74) is 3.00. The zero-order chi connectivity index (χ0) is 11.4. The number of hydrogen-bond donors (Lipinski definition) is 2. The molecular formula is C11H21N3O2. The highest BCUT2D eigenvalue weighted by Gasteiger charge is 2.26. The third-order valence-corrected chi connectivity index (χ3v) is 3.27. The number of hydrazine groups is 1. The van der Waals surface area contributed by atoms with E-state index in [2.05, 4.69) is 17.7 Å². The van der Waals surface area contributed by atoms with Gasteiger partial charge in [0.2, 0.25) is 5.91 Å². The van der Waals surface area contributed by atoms with Crippen LogP contribution in [-0.4, -0.2) is 49.8 Å². The molecule has 2 atom stereocenters. The molecular weight excluding hydrogens is 206 g/mol. The SMILES string of the molecule is CC1CC(C(=O)NN2CCOCC2)CCN1. The third-order valence-electron chi connectivity index (χ3n) is 3.27. The maximum atomic E-state index is 12.0. The second-order valence-electron chi connectivity index (χ2n) is 4.65. The standard InChI is InChI=1S/C11H21N3O2/c1-9-8-10(2-3-12-9)11(15)13-14-4-6-16-7-5-14/h9-10,12H,2-8H2,1H3,(H,13,15). The molecule has 0 aromatic heterocycles. The fourth-order valence-electron chi connectivity index (χ4n) is 2.29. The van der Waals surface area contributed by atoms with E-state index in [0.29, 0.717) is 19.3 Å². The highest BCUT2D eigenvalue weighted by molar-refractivity contribution is 5.78. The molecule has 0 saturated carbocycles. The zero-order valence-electron chi connectivity index (χ0n) is 9.87. The maximum Gasteiger partial charge on any atom is 0.237 e. The van der Waals surface area contributed by atoms with Crippen molar-refractivity contribution in [2.45, 2.75) is 25.8 Å². The zero-order valence-corrected chi connectivity index (χ0v) is 9.87. The lowest BCUT2D eigenvalue weighted by atomic mass is 9.93. The van der Waals surface area contributed by atoms with E-state index in [9.17, 15) is 4.79 Å². The Labute approximate surface area is 96.5 Å². The van der Waals surface area contributed by atoms with Crippen molar-refractivity contribution in [3.8, 4) is 0 Å². The molecule has 92 valence electrons. The molecule has 0 aromatic rings. The van der Waals surface area contributed by atoms with Crippen LogP contribution in [0, 0.1) is 5.92 Å². The Balaban J connectivity index is 1.77. The fraction of sp³-hybridized carbons (Fsp3) is 0.909. The molecule has 2 N–H and O–H groups in total. The topological polar surface area (TPSA) is 53.6 Å². The second kappa shape index (κ2) is 5.61. The van der Waals surface area contributed by atoms with Gasteiger partial charge in [-0.3, -0.25) is 10.2 Å². The molecule has 2 aliphatic heterocycles. The van der Waals surface area contributed by atoms with Crippen LogP contribution in [0.1, 0.15) is 19.8 Å². The van der Waals surface area contributed by atoms with Crippen LogP contribution in [-0.2, 0) is 9.53 Å². The molecule has 2 fully saturated rings. The first-order valence-corrected chi connectivity index (χ1v) is 6.12. The number of carbonyl (C=O) groups is 1. The number of ether oxygens (including phenoxy) is 1. The minimum atomic E-state index is 0.166. The summed E-state index contributed by atoms with van der Waals surface area (Å²) < 4.78 is 5.24. The number of amides is 1. The summed E-state index contributed by atoms with van der Waals surface area (Å²) in [5, 5.41) is 5.33. The van der Waals surface area contributed by atoms with Crippen molar-refractivity contribution in [3.05, 3.63) is 0 Å². The smallest absolute Gasteiger partial charge is 0.237 e. The Kier molecular flexibility index (Phi) is 4.15. The number of nitrogens with one attached hydrogen (secondary N) is 2. The van der Waals surface area contributed by atoms with Gasteiger partial charge in [-0.25, -0.2) is 5.01 Å². The number of carbonyl (C=O) groups excluding carboxylic acids is 1. The quantitative estimate of drug-likeness (QED) is 0.682. The van der Waals surface area contributed by atoms with Crippen molar-refractivity contribution >= 4 is 5.91 Å². The summed E-state index contributed by atoms with van der Waals surface area (Å²) in [4.78, 5) is 12.0. The van der Waals surface area contributed by atoms with E-state index >= 15 is 0 Å². The van der Waals surface area contributed by atoms with E-state index in [1.807, 2.05) is 5.01 Å². The predicted octanol–water partition coefficient (Wildman–Crippen LogP) is -0.262. The number of nitrogens with zero attached hydrogens (tertiary/aromatic N) is 1. The summed E-state index contributed by atoms with van der Waals surface area (Å²) >= 11 is 0. The molecule has 0 spiro atoms. The van der Waals surface area contributed by atoms with E-state index in [-0.39, 0.29) is 11.8 Å². The molecule has 2 saturated heterocycles. The van der Waals surface area contributed by atoms with Gasteiger partial charge in [-0.05, 0) is 26.3 Å². The van der Waals surface area contributed by atoms with E-state index in [1.54, 1.807) is 0 Å². The average Bonchev–Trinajstić information content (AvgIpc) is 2.30. The lowest BCUT2D eigenvalue weighted by molar-refractivity contribution is -0.133. The minimum Gasteiger partial charge on any atom is -0.379 e. The molecule has 16 heavy (non-hydrogen) atoms. The van der Waals surface area contributed by atoms with Gasteiger partial charge in [0.1, 0.15) is 0 Å². The molecule has 5 heteroatoms.